The van der Waals surface area contributed by atoms with Gasteiger partial charge in [0.15, 0.2) is 0 Å². The Bertz CT molecular complexity index is 394. The minimum atomic E-state index is -0.817. The van der Waals surface area contributed by atoms with Crippen molar-refractivity contribution >= 4 is 22.5 Å². The number of hydrogen-bond donors (Lipinski definition) is 2. The highest BCUT2D eigenvalue weighted by molar-refractivity contribution is 7.84. The normalized spacial score (nSPS) is 11.9. The second-order valence-corrected chi connectivity index (χ2v) is 4.98. The Morgan fingerprint density at radius 2 is 2.18 bits per heavy atom. The third kappa shape index (κ3) is 4.90. The first kappa shape index (κ1) is 13.6. The van der Waals surface area contributed by atoms with Crippen molar-refractivity contribution in [3.05, 3.63) is 18.1 Å². The Hall–Kier alpha value is -1.50. The molecule has 1 heterocycles. The van der Waals surface area contributed by atoms with E-state index in [4.69, 9.17) is 0 Å². The van der Waals surface area contributed by atoms with Crippen LogP contribution in [0, 0.1) is 0 Å². The summed E-state index contributed by atoms with van der Waals surface area (Å²) in [5, 5.41) is 5.51. The molecule has 0 spiro atoms. The molecule has 0 aliphatic heterocycles. The fourth-order valence-corrected chi connectivity index (χ4v) is 1.69. The van der Waals surface area contributed by atoms with E-state index in [0.717, 1.165) is 0 Å². The number of amides is 1. The summed E-state index contributed by atoms with van der Waals surface area (Å²) in [6, 6.07) is 0. The maximum atomic E-state index is 11.6. The van der Waals surface area contributed by atoms with Crippen LogP contribution in [0.3, 0.4) is 0 Å². The average Bonchev–Trinajstić information content (AvgIpc) is 2.34. The Morgan fingerprint density at radius 3 is 2.71 bits per heavy atom. The van der Waals surface area contributed by atoms with Gasteiger partial charge in [-0.2, -0.15) is 0 Å². The summed E-state index contributed by atoms with van der Waals surface area (Å²) in [6.07, 6.45) is 5.25. The zero-order valence-electron chi connectivity index (χ0n) is 9.90. The molecule has 1 rings (SSSR count). The van der Waals surface area contributed by atoms with Crippen LogP contribution < -0.4 is 10.6 Å². The Balaban J connectivity index is 2.38. The molecule has 7 heteroatoms. The van der Waals surface area contributed by atoms with Gasteiger partial charge < -0.3 is 10.6 Å². The van der Waals surface area contributed by atoms with Crippen LogP contribution in [0.4, 0.5) is 5.82 Å². The zero-order valence-corrected chi connectivity index (χ0v) is 10.7. The number of nitrogens with one attached hydrogen (secondary N) is 2. The molecule has 0 saturated carbocycles. The van der Waals surface area contributed by atoms with Crippen LogP contribution in [-0.2, 0) is 10.8 Å². The first-order valence-corrected chi connectivity index (χ1v) is 6.94. The van der Waals surface area contributed by atoms with Crippen LogP contribution in [0.2, 0.25) is 0 Å². The van der Waals surface area contributed by atoms with Gasteiger partial charge in [0.2, 0.25) is 0 Å². The topological polar surface area (TPSA) is 84.0 Å². The van der Waals surface area contributed by atoms with Crippen LogP contribution in [0.5, 0.6) is 0 Å². The van der Waals surface area contributed by atoms with Crippen LogP contribution in [0.25, 0.3) is 0 Å². The summed E-state index contributed by atoms with van der Waals surface area (Å²) in [5.41, 5.74) is 0.279. The molecule has 0 bridgehead atoms. The third-order valence-corrected chi connectivity index (χ3v) is 2.90. The van der Waals surface area contributed by atoms with Crippen molar-refractivity contribution in [2.45, 2.75) is 6.42 Å². The van der Waals surface area contributed by atoms with Crippen molar-refractivity contribution in [3.8, 4) is 0 Å². The van der Waals surface area contributed by atoms with Crippen LogP contribution in [-0.4, -0.2) is 45.7 Å². The lowest BCUT2D eigenvalue weighted by Crippen LogP contribution is -2.26. The van der Waals surface area contributed by atoms with E-state index in [-0.39, 0.29) is 11.6 Å². The summed E-state index contributed by atoms with van der Waals surface area (Å²) >= 11 is 0. The summed E-state index contributed by atoms with van der Waals surface area (Å²) in [5.74, 6) is 0.940. The fraction of sp³-hybridized carbons (Fsp3) is 0.500. The maximum absolute atomic E-state index is 11.6. The second-order valence-electron chi connectivity index (χ2n) is 3.42. The highest BCUT2D eigenvalue weighted by Gasteiger charge is 2.06. The quantitative estimate of drug-likeness (QED) is 0.701. The Labute approximate surface area is 103 Å². The van der Waals surface area contributed by atoms with Crippen molar-refractivity contribution in [1.82, 2.24) is 15.3 Å². The summed E-state index contributed by atoms with van der Waals surface area (Å²) in [7, 11) is 0.914. The number of aromatic nitrogens is 2. The van der Waals surface area contributed by atoms with Crippen molar-refractivity contribution < 1.29 is 9.00 Å². The largest absolute Gasteiger partial charge is 0.372 e. The van der Waals surface area contributed by atoms with Crippen LogP contribution in [0.1, 0.15) is 16.9 Å². The molecule has 94 valence electrons. The number of carbonyl (C=O) groups is 1. The predicted octanol–water partition coefficient (Wildman–Crippen LogP) is 0.0167. The molecule has 0 aliphatic carbocycles. The molecule has 0 saturated heterocycles. The van der Waals surface area contributed by atoms with Crippen LogP contribution >= 0.6 is 0 Å². The van der Waals surface area contributed by atoms with E-state index in [9.17, 15) is 9.00 Å². The smallest absolute Gasteiger partial charge is 0.271 e. The molecule has 2 N–H and O–H groups in total. The van der Waals surface area contributed by atoms with Crippen LogP contribution in [0.15, 0.2) is 12.4 Å². The predicted molar refractivity (Wildman–Crippen MR) is 67.5 cm³/mol. The van der Waals surface area contributed by atoms with Crippen molar-refractivity contribution in [3.63, 3.8) is 0 Å². The van der Waals surface area contributed by atoms with E-state index in [1.807, 2.05) is 0 Å². The van der Waals surface area contributed by atoms with Gasteiger partial charge >= 0.3 is 0 Å². The van der Waals surface area contributed by atoms with E-state index in [2.05, 4.69) is 20.6 Å². The number of carbonyl (C=O) groups excluding carboxylic acids is 1. The first-order valence-electron chi connectivity index (χ1n) is 5.21. The molecule has 1 aromatic rings. The van der Waals surface area contributed by atoms with Gasteiger partial charge in [0.25, 0.3) is 5.91 Å². The molecule has 17 heavy (non-hydrogen) atoms. The lowest BCUT2D eigenvalue weighted by Gasteiger charge is -2.04. The molecule has 0 aliphatic rings. The second kappa shape index (κ2) is 6.95. The first-order chi connectivity index (χ1) is 8.13. The molecule has 0 aromatic carbocycles. The summed E-state index contributed by atoms with van der Waals surface area (Å²) in [6.45, 7) is 0.494. The van der Waals surface area contributed by atoms with E-state index < -0.39 is 10.8 Å². The van der Waals surface area contributed by atoms with Gasteiger partial charge in [-0.1, -0.05) is 0 Å². The molecule has 0 fully saturated rings. The van der Waals surface area contributed by atoms with Gasteiger partial charge in [-0.3, -0.25) is 9.00 Å². The van der Waals surface area contributed by atoms with E-state index in [1.165, 1.54) is 12.4 Å². The number of hydrogen-bond acceptors (Lipinski definition) is 5. The minimum absolute atomic E-state index is 0.262. The average molecular weight is 256 g/mol. The monoisotopic (exact) mass is 256 g/mol. The highest BCUT2D eigenvalue weighted by atomic mass is 32.2. The lowest BCUT2D eigenvalue weighted by molar-refractivity contribution is 0.0948. The number of rotatable bonds is 6. The van der Waals surface area contributed by atoms with Gasteiger partial charge in [-0.25, -0.2) is 9.97 Å². The zero-order chi connectivity index (χ0) is 12.7. The highest BCUT2D eigenvalue weighted by Crippen LogP contribution is 1.99. The van der Waals surface area contributed by atoms with Gasteiger partial charge in [-0.15, -0.1) is 0 Å². The Kier molecular flexibility index (Phi) is 5.55. The van der Waals surface area contributed by atoms with Crippen molar-refractivity contribution in [2.24, 2.45) is 0 Å². The molecular formula is C10H16N4O2S. The van der Waals surface area contributed by atoms with E-state index >= 15 is 0 Å². The van der Waals surface area contributed by atoms with Gasteiger partial charge in [0.1, 0.15) is 11.5 Å². The molecule has 6 nitrogen and oxygen atoms in total. The Morgan fingerprint density at radius 1 is 1.41 bits per heavy atom. The maximum Gasteiger partial charge on any atom is 0.271 e. The van der Waals surface area contributed by atoms with Gasteiger partial charge in [0, 0.05) is 36.4 Å². The van der Waals surface area contributed by atoms with Crippen molar-refractivity contribution in [1.29, 1.82) is 0 Å². The van der Waals surface area contributed by atoms with Gasteiger partial charge in [0.05, 0.1) is 12.4 Å². The molecule has 1 amide bonds. The molecule has 1 atom stereocenters. The SMILES string of the molecule is CNc1cnc(C(=O)NCCCS(C)=O)cn1. The third-order valence-electron chi connectivity index (χ3n) is 2.03. The fourth-order valence-electron chi connectivity index (χ4n) is 1.14. The van der Waals surface area contributed by atoms with E-state index in [0.29, 0.717) is 24.5 Å². The van der Waals surface area contributed by atoms with E-state index in [1.54, 1.807) is 13.3 Å². The summed E-state index contributed by atoms with van der Waals surface area (Å²) in [4.78, 5) is 19.5. The molecular weight excluding hydrogens is 240 g/mol. The molecule has 1 unspecified atom stereocenters. The van der Waals surface area contributed by atoms with Gasteiger partial charge in [-0.05, 0) is 6.42 Å². The lowest BCUT2D eigenvalue weighted by atomic mass is 10.4. The molecule has 1 aromatic heterocycles. The number of anilines is 1. The number of nitrogens with zero attached hydrogens (tertiary/aromatic N) is 2. The molecule has 0 radical (unpaired) electrons. The summed E-state index contributed by atoms with van der Waals surface area (Å²) < 4.78 is 10.8. The van der Waals surface area contributed by atoms with Crippen molar-refractivity contribution in [2.75, 3.05) is 30.9 Å². The minimum Gasteiger partial charge on any atom is -0.372 e. The standard InChI is InChI=1S/C10H16N4O2S/c1-11-9-7-13-8(6-14-9)10(15)12-4-3-5-17(2)16/h6-7H,3-5H2,1-2H3,(H,11,14)(H,12,15).